The van der Waals surface area contributed by atoms with Crippen molar-refractivity contribution in [2.24, 2.45) is 5.84 Å². The van der Waals surface area contributed by atoms with Crippen molar-refractivity contribution in [3.8, 4) is 0 Å². The van der Waals surface area contributed by atoms with Gasteiger partial charge in [0.25, 0.3) is 5.91 Å². The second-order valence-electron chi connectivity index (χ2n) is 6.13. The molecule has 0 bridgehead atoms. The molecule has 110 valence electrons. The number of hydrogen-bond donors (Lipinski definition) is 2. The number of aryl methyl sites for hydroxylation is 1. The summed E-state index contributed by atoms with van der Waals surface area (Å²) in [6.45, 7) is 8.70. The van der Waals surface area contributed by atoms with Crippen molar-refractivity contribution in [2.75, 3.05) is 32.1 Å². The molecule has 20 heavy (non-hydrogen) atoms. The lowest BCUT2D eigenvalue weighted by molar-refractivity contribution is 0.0311. The van der Waals surface area contributed by atoms with E-state index in [1.54, 1.807) is 0 Å². The van der Waals surface area contributed by atoms with Crippen LogP contribution in [0.25, 0.3) is 0 Å². The molecule has 0 aliphatic carbocycles. The molecule has 1 aromatic carbocycles. The van der Waals surface area contributed by atoms with E-state index in [2.05, 4.69) is 31.2 Å². The van der Waals surface area contributed by atoms with E-state index in [-0.39, 0.29) is 11.4 Å². The zero-order valence-corrected chi connectivity index (χ0v) is 12.7. The molecule has 0 radical (unpaired) electrons. The van der Waals surface area contributed by atoms with E-state index in [4.69, 9.17) is 5.84 Å². The third kappa shape index (κ3) is 2.78. The molecule has 1 aromatic rings. The van der Waals surface area contributed by atoms with E-state index in [1.165, 1.54) is 0 Å². The van der Waals surface area contributed by atoms with Crippen molar-refractivity contribution < 1.29 is 4.79 Å². The first kappa shape index (κ1) is 14.8. The zero-order chi connectivity index (χ0) is 14.9. The summed E-state index contributed by atoms with van der Waals surface area (Å²) >= 11 is 0. The molecule has 1 aliphatic rings. The van der Waals surface area contributed by atoms with Gasteiger partial charge in [0.05, 0.1) is 0 Å². The van der Waals surface area contributed by atoms with Gasteiger partial charge in [0, 0.05) is 36.4 Å². The fourth-order valence-corrected chi connectivity index (χ4v) is 2.58. The summed E-state index contributed by atoms with van der Waals surface area (Å²) in [4.78, 5) is 16.9. The Hall–Kier alpha value is -1.59. The van der Waals surface area contributed by atoms with Crippen LogP contribution in [0, 0.1) is 6.92 Å². The van der Waals surface area contributed by atoms with Crippen LogP contribution in [0.1, 0.15) is 29.8 Å². The Kier molecular flexibility index (Phi) is 4.01. The summed E-state index contributed by atoms with van der Waals surface area (Å²) in [7, 11) is 2.11. The molecule has 2 rings (SSSR count). The van der Waals surface area contributed by atoms with Crippen LogP contribution in [-0.2, 0) is 0 Å². The number of nitrogens with two attached hydrogens (primary N) is 1. The van der Waals surface area contributed by atoms with Gasteiger partial charge in [-0.25, -0.2) is 0 Å². The molecular weight excluding hydrogens is 252 g/mol. The maximum atomic E-state index is 12.7. The van der Waals surface area contributed by atoms with Crippen LogP contribution >= 0.6 is 0 Å². The number of nitrogen functional groups attached to an aromatic ring is 1. The maximum absolute atomic E-state index is 12.7. The fourth-order valence-electron chi connectivity index (χ4n) is 2.58. The van der Waals surface area contributed by atoms with Crippen LogP contribution in [0.4, 0.5) is 5.69 Å². The number of rotatable bonds is 2. The highest BCUT2D eigenvalue weighted by atomic mass is 16.2. The van der Waals surface area contributed by atoms with Crippen LogP contribution in [-0.4, -0.2) is 47.9 Å². The summed E-state index contributed by atoms with van der Waals surface area (Å²) in [5.41, 5.74) is 5.13. The second kappa shape index (κ2) is 5.42. The van der Waals surface area contributed by atoms with Gasteiger partial charge in [-0.05, 0) is 51.6 Å². The standard InChI is InChI=1S/C15H24N4O/c1-11-9-12(17-16)5-6-13(11)14(20)19-8-7-18(4)15(2,3)10-19/h5-6,9,17H,7-8,10,16H2,1-4H3. The van der Waals surface area contributed by atoms with Crippen LogP contribution in [0.15, 0.2) is 18.2 Å². The minimum absolute atomic E-state index is 0.0145. The van der Waals surface area contributed by atoms with E-state index < -0.39 is 0 Å². The monoisotopic (exact) mass is 276 g/mol. The van der Waals surface area contributed by atoms with Gasteiger partial charge >= 0.3 is 0 Å². The Morgan fingerprint density at radius 3 is 2.60 bits per heavy atom. The van der Waals surface area contributed by atoms with Crippen molar-refractivity contribution in [1.82, 2.24) is 9.80 Å². The lowest BCUT2D eigenvalue weighted by Gasteiger charge is -2.45. The number of carbonyl (C=O) groups is 1. The van der Waals surface area contributed by atoms with Gasteiger partial charge in [-0.2, -0.15) is 0 Å². The normalized spacial score (nSPS) is 18.9. The van der Waals surface area contributed by atoms with Gasteiger partial charge in [0.2, 0.25) is 0 Å². The lowest BCUT2D eigenvalue weighted by Crippen LogP contribution is -2.58. The summed E-state index contributed by atoms with van der Waals surface area (Å²) in [5, 5.41) is 0. The number of piperazine rings is 1. The summed E-state index contributed by atoms with van der Waals surface area (Å²) in [6, 6.07) is 5.58. The Labute approximate surface area is 120 Å². The van der Waals surface area contributed by atoms with Gasteiger partial charge in [-0.3, -0.25) is 15.5 Å². The van der Waals surface area contributed by atoms with E-state index in [0.29, 0.717) is 0 Å². The molecule has 0 unspecified atom stereocenters. The molecule has 5 heteroatoms. The minimum Gasteiger partial charge on any atom is -0.336 e. The molecule has 0 atom stereocenters. The number of nitrogens with one attached hydrogen (secondary N) is 1. The summed E-state index contributed by atoms with van der Waals surface area (Å²) < 4.78 is 0. The van der Waals surface area contributed by atoms with Crippen LogP contribution in [0.3, 0.4) is 0 Å². The quantitative estimate of drug-likeness (QED) is 0.634. The number of hydrogen-bond acceptors (Lipinski definition) is 4. The van der Waals surface area contributed by atoms with Crippen LogP contribution < -0.4 is 11.3 Å². The molecule has 0 saturated carbocycles. The average molecular weight is 276 g/mol. The molecular formula is C15H24N4O. The fraction of sp³-hybridized carbons (Fsp3) is 0.533. The third-order valence-corrected chi connectivity index (χ3v) is 4.23. The van der Waals surface area contributed by atoms with Gasteiger partial charge in [0.15, 0.2) is 0 Å². The van der Waals surface area contributed by atoms with Crippen LogP contribution in [0.2, 0.25) is 0 Å². The largest absolute Gasteiger partial charge is 0.336 e. The van der Waals surface area contributed by atoms with Gasteiger partial charge in [-0.1, -0.05) is 0 Å². The number of likely N-dealkylation sites (N-methyl/N-ethyl adjacent to an activating group) is 1. The highest BCUT2D eigenvalue weighted by Gasteiger charge is 2.33. The lowest BCUT2D eigenvalue weighted by atomic mass is 9.98. The number of carbonyl (C=O) groups excluding carboxylic acids is 1. The molecule has 1 heterocycles. The Morgan fingerprint density at radius 1 is 1.35 bits per heavy atom. The highest BCUT2D eigenvalue weighted by molar-refractivity contribution is 5.96. The molecule has 1 saturated heterocycles. The Bertz CT molecular complexity index is 513. The van der Waals surface area contributed by atoms with Gasteiger partial charge in [-0.15, -0.1) is 0 Å². The maximum Gasteiger partial charge on any atom is 0.254 e. The van der Waals surface area contributed by atoms with Crippen molar-refractivity contribution in [3.63, 3.8) is 0 Å². The molecule has 0 spiro atoms. The Morgan fingerprint density at radius 2 is 2.05 bits per heavy atom. The van der Waals surface area contributed by atoms with E-state index in [0.717, 1.165) is 36.4 Å². The number of nitrogens with zero attached hydrogens (tertiary/aromatic N) is 2. The molecule has 0 aromatic heterocycles. The van der Waals surface area contributed by atoms with Gasteiger partial charge in [0.1, 0.15) is 0 Å². The number of amides is 1. The SMILES string of the molecule is Cc1cc(NN)ccc1C(=O)N1CCN(C)C(C)(C)C1. The van der Waals surface area contributed by atoms with Crippen molar-refractivity contribution in [1.29, 1.82) is 0 Å². The third-order valence-electron chi connectivity index (χ3n) is 4.23. The number of benzene rings is 1. The smallest absolute Gasteiger partial charge is 0.254 e. The molecule has 1 amide bonds. The van der Waals surface area contributed by atoms with Crippen LogP contribution in [0.5, 0.6) is 0 Å². The number of hydrazine groups is 1. The zero-order valence-electron chi connectivity index (χ0n) is 12.7. The van der Waals surface area contributed by atoms with Gasteiger partial charge < -0.3 is 10.3 Å². The minimum atomic E-state index is 0.0145. The first-order chi connectivity index (χ1) is 9.35. The first-order valence-electron chi connectivity index (χ1n) is 6.93. The molecule has 5 nitrogen and oxygen atoms in total. The van der Waals surface area contributed by atoms with Crippen molar-refractivity contribution in [3.05, 3.63) is 29.3 Å². The van der Waals surface area contributed by atoms with Crippen molar-refractivity contribution >= 4 is 11.6 Å². The predicted molar refractivity (Wildman–Crippen MR) is 81.6 cm³/mol. The summed E-state index contributed by atoms with van der Waals surface area (Å²) in [5.74, 6) is 5.49. The first-order valence-corrected chi connectivity index (χ1v) is 6.93. The number of anilines is 1. The second-order valence-corrected chi connectivity index (χ2v) is 6.13. The topological polar surface area (TPSA) is 61.6 Å². The van der Waals surface area contributed by atoms with E-state index in [9.17, 15) is 4.79 Å². The predicted octanol–water partition coefficient (Wildman–Crippen LogP) is 1.45. The molecule has 3 N–H and O–H groups in total. The average Bonchev–Trinajstić information content (AvgIpc) is 2.41. The highest BCUT2D eigenvalue weighted by Crippen LogP contribution is 2.22. The van der Waals surface area contributed by atoms with Crippen molar-refractivity contribution in [2.45, 2.75) is 26.3 Å². The molecule has 1 fully saturated rings. The van der Waals surface area contributed by atoms with E-state index in [1.807, 2.05) is 30.0 Å². The Balaban J connectivity index is 2.20. The summed E-state index contributed by atoms with van der Waals surface area (Å²) in [6.07, 6.45) is 0. The van der Waals surface area contributed by atoms with E-state index >= 15 is 0 Å². The molecule has 1 aliphatic heterocycles.